The second kappa shape index (κ2) is 12.8. The van der Waals surface area contributed by atoms with E-state index in [9.17, 15) is 4.79 Å². The summed E-state index contributed by atoms with van der Waals surface area (Å²) < 4.78 is 18.4. The molecule has 0 aliphatic carbocycles. The summed E-state index contributed by atoms with van der Waals surface area (Å²) in [5.74, 6) is 0. The monoisotopic (exact) mass is 418 g/mol. The Bertz CT molecular complexity index is 868. The van der Waals surface area contributed by atoms with Crippen molar-refractivity contribution >= 4 is 6.29 Å². The molecule has 4 heteroatoms. The van der Waals surface area contributed by atoms with Gasteiger partial charge in [0.15, 0.2) is 6.29 Å². The number of carbonyl (C=O) groups is 1. The van der Waals surface area contributed by atoms with Crippen molar-refractivity contribution in [1.29, 1.82) is 0 Å². The van der Waals surface area contributed by atoms with Gasteiger partial charge in [-0.15, -0.1) is 0 Å². The summed E-state index contributed by atoms with van der Waals surface area (Å²) in [4.78, 5) is 12.0. The quantitative estimate of drug-likeness (QED) is 0.351. The van der Waals surface area contributed by atoms with Gasteiger partial charge in [0.05, 0.1) is 25.9 Å². The van der Waals surface area contributed by atoms with E-state index in [4.69, 9.17) is 14.2 Å². The molecule has 0 aliphatic rings. The van der Waals surface area contributed by atoms with Gasteiger partial charge in [0.25, 0.3) is 0 Å². The molecule has 31 heavy (non-hydrogen) atoms. The maximum atomic E-state index is 12.0. The topological polar surface area (TPSA) is 44.8 Å². The van der Waals surface area contributed by atoms with Crippen LogP contribution in [0.1, 0.15) is 30.0 Å². The zero-order valence-electron chi connectivity index (χ0n) is 17.9. The molecular formula is C27H30O4. The van der Waals surface area contributed by atoms with Crippen LogP contribution in [0.2, 0.25) is 0 Å². The van der Waals surface area contributed by atoms with E-state index < -0.39 is 12.2 Å². The number of benzene rings is 3. The van der Waals surface area contributed by atoms with Crippen molar-refractivity contribution in [3.63, 3.8) is 0 Å². The van der Waals surface area contributed by atoms with Gasteiger partial charge < -0.3 is 19.0 Å². The minimum absolute atomic E-state index is 0.283. The average molecular weight is 419 g/mol. The van der Waals surface area contributed by atoms with E-state index >= 15 is 0 Å². The van der Waals surface area contributed by atoms with Gasteiger partial charge in [0.2, 0.25) is 0 Å². The summed E-state index contributed by atoms with van der Waals surface area (Å²) in [5.41, 5.74) is 3.13. The van der Waals surface area contributed by atoms with E-state index in [0.29, 0.717) is 26.2 Å². The fourth-order valence-electron chi connectivity index (χ4n) is 3.38. The fourth-order valence-corrected chi connectivity index (χ4v) is 3.38. The molecule has 0 N–H and O–H groups in total. The fraction of sp³-hybridized carbons (Fsp3) is 0.296. The van der Waals surface area contributed by atoms with Crippen LogP contribution in [-0.4, -0.2) is 24.6 Å². The van der Waals surface area contributed by atoms with Gasteiger partial charge in [0, 0.05) is 0 Å². The lowest BCUT2D eigenvalue weighted by Crippen LogP contribution is -2.43. The summed E-state index contributed by atoms with van der Waals surface area (Å²) in [6.45, 7) is 3.21. The Morgan fingerprint density at radius 3 is 1.48 bits per heavy atom. The molecule has 0 heterocycles. The first-order chi connectivity index (χ1) is 15.3. The second-order valence-corrected chi connectivity index (χ2v) is 7.40. The molecule has 3 aromatic carbocycles. The SMILES string of the molecule is CC[C@@H](OCc1ccccc1)[C@@H](OCc1ccccc1)[C@@H](C=O)OCc1ccccc1. The van der Waals surface area contributed by atoms with Crippen molar-refractivity contribution in [3.8, 4) is 0 Å². The van der Waals surface area contributed by atoms with Crippen LogP contribution in [0.3, 0.4) is 0 Å². The molecule has 3 atom stereocenters. The Hall–Kier alpha value is -2.79. The molecule has 3 aromatic rings. The van der Waals surface area contributed by atoms with Crippen molar-refractivity contribution in [1.82, 2.24) is 0 Å². The Balaban J connectivity index is 1.71. The normalized spacial score (nSPS) is 14.0. The van der Waals surface area contributed by atoms with Gasteiger partial charge in [-0.1, -0.05) is 97.9 Å². The van der Waals surface area contributed by atoms with Crippen LogP contribution in [0.5, 0.6) is 0 Å². The lowest BCUT2D eigenvalue weighted by Gasteiger charge is -2.31. The van der Waals surface area contributed by atoms with Gasteiger partial charge >= 0.3 is 0 Å². The van der Waals surface area contributed by atoms with Gasteiger partial charge in [-0.05, 0) is 23.1 Å². The third kappa shape index (κ3) is 7.44. The molecule has 0 bridgehead atoms. The molecule has 0 fully saturated rings. The maximum absolute atomic E-state index is 12.0. The van der Waals surface area contributed by atoms with E-state index in [0.717, 1.165) is 23.0 Å². The zero-order chi connectivity index (χ0) is 21.7. The number of aldehydes is 1. The van der Waals surface area contributed by atoms with Gasteiger partial charge in [-0.2, -0.15) is 0 Å². The van der Waals surface area contributed by atoms with Gasteiger partial charge in [-0.25, -0.2) is 0 Å². The van der Waals surface area contributed by atoms with Crippen molar-refractivity contribution in [2.45, 2.75) is 51.5 Å². The van der Waals surface area contributed by atoms with Crippen LogP contribution < -0.4 is 0 Å². The number of ether oxygens (including phenoxy) is 3. The highest BCUT2D eigenvalue weighted by Gasteiger charge is 2.31. The summed E-state index contributed by atoms with van der Waals surface area (Å²) in [6, 6.07) is 29.7. The van der Waals surface area contributed by atoms with E-state index in [2.05, 4.69) is 0 Å². The minimum Gasteiger partial charge on any atom is -0.371 e. The molecule has 0 aromatic heterocycles. The van der Waals surface area contributed by atoms with Gasteiger partial charge in [-0.3, -0.25) is 0 Å². The Morgan fingerprint density at radius 2 is 1.06 bits per heavy atom. The van der Waals surface area contributed by atoms with E-state index in [1.165, 1.54) is 0 Å². The average Bonchev–Trinajstić information content (AvgIpc) is 2.84. The van der Waals surface area contributed by atoms with Crippen LogP contribution >= 0.6 is 0 Å². The molecule has 0 amide bonds. The third-order valence-electron chi connectivity index (χ3n) is 5.10. The van der Waals surface area contributed by atoms with Crippen LogP contribution in [0.25, 0.3) is 0 Å². The number of rotatable bonds is 13. The highest BCUT2D eigenvalue weighted by Crippen LogP contribution is 2.19. The van der Waals surface area contributed by atoms with Crippen LogP contribution in [0.4, 0.5) is 0 Å². The highest BCUT2D eigenvalue weighted by molar-refractivity contribution is 5.57. The molecule has 0 radical (unpaired) electrons. The van der Waals surface area contributed by atoms with E-state index in [-0.39, 0.29) is 6.10 Å². The molecule has 0 unspecified atom stereocenters. The van der Waals surface area contributed by atoms with Crippen LogP contribution in [0, 0.1) is 0 Å². The van der Waals surface area contributed by atoms with Crippen LogP contribution in [-0.2, 0) is 38.8 Å². The highest BCUT2D eigenvalue weighted by atomic mass is 16.6. The lowest BCUT2D eigenvalue weighted by atomic mass is 10.1. The molecule has 3 rings (SSSR count). The first-order valence-corrected chi connectivity index (χ1v) is 10.7. The van der Waals surface area contributed by atoms with E-state index in [1.807, 2.05) is 97.9 Å². The third-order valence-corrected chi connectivity index (χ3v) is 5.10. The second-order valence-electron chi connectivity index (χ2n) is 7.40. The predicted octanol–water partition coefficient (Wildman–Crippen LogP) is 5.35. The van der Waals surface area contributed by atoms with Crippen molar-refractivity contribution < 1.29 is 19.0 Å². The molecule has 162 valence electrons. The maximum Gasteiger partial charge on any atom is 0.151 e. The molecule has 4 nitrogen and oxygen atoms in total. The number of hydrogen-bond donors (Lipinski definition) is 0. The first kappa shape index (κ1) is 22.9. The predicted molar refractivity (Wildman–Crippen MR) is 121 cm³/mol. The number of carbonyl (C=O) groups excluding carboxylic acids is 1. The minimum atomic E-state index is -0.732. The molecular weight excluding hydrogens is 388 g/mol. The Labute approximate surface area is 184 Å². The van der Waals surface area contributed by atoms with Crippen molar-refractivity contribution in [2.75, 3.05) is 0 Å². The summed E-state index contributed by atoms with van der Waals surface area (Å²) >= 11 is 0. The molecule has 0 spiro atoms. The first-order valence-electron chi connectivity index (χ1n) is 10.7. The number of hydrogen-bond acceptors (Lipinski definition) is 4. The molecule has 0 aliphatic heterocycles. The molecule has 0 saturated heterocycles. The molecule has 0 saturated carbocycles. The Morgan fingerprint density at radius 1 is 0.645 bits per heavy atom. The van der Waals surface area contributed by atoms with Crippen molar-refractivity contribution in [2.24, 2.45) is 0 Å². The van der Waals surface area contributed by atoms with E-state index in [1.54, 1.807) is 0 Å². The summed E-state index contributed by atoms with van der Waals surface area (Å²) in [5, 5.41) is 0. The summed E-state index contributed by atoms with van der Waals surface area (Å²) in [7, 11) is 0. The van der Waals surface area contributed by atoms with Crippen LogP contribution in [0.15, 0.2) is 91.0 Å². The largest absolute Gasteiger partial charge is 0.371 e. The zero-order valence-corrected chi connectivity index (χ0v) is 17.9. The summed E-state index contributed by atoms with van der Waals surface area (Å²) in [6.07, 6.45) is -0.00646. The smallest absolute Gasteiger partial charge is 0.151 e. The lowest BCUT2D eigenvalue weighted by molar-refractivity contribution is -0.159. The van der Waals surface area contributed by atoms with Gasteiger partial charge in [0.1, 0.15) is 12.2 Å². The Kier molecular flexibility index (Phi) is 9.45. The standard InChI is InChI=1S/C27H30O4/c1-2-25(29-19-22-12-6-3-7-13-22)27(31-21-24-16-10-5-11-17-24)26(18-28)30-20-23-14-8-4-9-15-23/h3-18,25-27H,2,19-21H2,1H3/t25-,26-,27-/m1/s1. The van der Waals surface area contributed by atoms with Crippen molar-refractivity contribution in [3.05, 3.63) is 108 Å².